The molecule has 28 heavy (non-hydrogen) atoms. The van der Waals surface area contributed by atoms with E-state index in [9.17, 15) is 4.79 Å². The van der Waals surface area contributed by atoms with E-state index < -0.39 is 0 Å². The molecule has 7 nitrogen and oxygen atoms in total. The predicted molar refractivity (Wildman–Crippen MR) is 106 cm³/mol. The van der Waals surface area contributed by atoms with Crippen LogP contribution in [0, 0.1) is 6.92 Å². The molecular formula is C20H18ClN5O2. The lowest BCUT2D eigenvalue weighted by Crippen LogP contribution is -2.25. The average Bonchev–Trinajstić information content (AvgIpc) is 3.03. The molecule has 1 aliphatic heterocycles. The molecule has 1 N–H and O–H groups in total. The van der Waals surface area contributed by atoms with Crippen molar-refractivity contribution in [3.05, 3.63) is 71.0 Å². The Morgan fingerprint density at radius 2 is 2.14 bits per heavy atom. The molecule has 1 aliphatic rings. The van der Waals surface area contributed by atoms with Crippen molar-refractivity contribution >= 4 is 23.3 Å². The number of aryl methyl sites for hydroxylation is 1. The van der Waals surface area contributed by atoms with Crippen LogP contribution in [0.15, 0.2) is 49.1 Å². The molecule has 0 unspecified atom stereocenters. The molecule has 4 rings (SSSR count). The number of anilines is 1. The van der Waals surface area contributed by atoms with Gasteiger partial charge >= 0.3 is 0 Å². The van der Waals surface area contributed by atoms with Crippen LogP contribution in [0.4, 0.5) is 5.82 Å². The second-order valence-electron chi connectivity index (χ2n) is 6.42. The van der Waals surface area contributed by atoms with Gasteiger partial charge < -0.3 is 10.1 Å². The Labute approximate surface area is 167 Å². The lowest BCUT2D eigenvalue weighted by atomic mass is 9.85. The molecule has 1 aromatic carbocycles. The second-order valence-corrected chi connectivity index (χ2v) is 6.80. The van der Waals surface area contributed by atoms with Crippen molar-refractivity contribution in [2.45, 2.75) is 19.3 Å². The summed E-state index contributed by atoms with van der Waals surface area (Å²) in [6, 6.07) is 11.1. The number of hydrogen-bond acceptors (Lipinski definition) is 5. The van der Waals surface area contributed by atoms with Gasteiger partial charge in [-0.2, -0.15) is 9.78 Å². The van der Waals surface area contributed by atoms with Gasteiger partial charge in [-0.1, -0.05) is 42.5 Å². The third-order valence-corrected chi connectivity index (χ3v) is 4.79. The zero-order chi connectivity index (χ0) is 19.7. The minimum atomic E-state index is -0.182. The highest BCUT2D eigenvalue weighted by Gasteiger charge is 2.34. The summed E-state index contributed by atoms with van der Waals surface area (Å²) in [6.45, 7) is 6.00. The molecule has 2 aromatic heterocycles. The van der Waals surface area contributed by atoms with Crippen LogP contribution in [-0.4, -0.2) is 32.5 Å². The molecule has 0 bridgehead atoms. The Hall–Kier alpha value is -3.19. The summed E-state index contributed by atoms with van der Waals surface area (Å²) in [4.78, 5) is 12.5. The third-order valence-electron chi connectivity index (χ3n) is 4.59. The quantitative estimate of drug-likeness (QED) is 0.666. The van der Waals surface area contributed by atoms with Gasteiger partial charge in [0.05, 0.1) is 5.69 Å². The van der Waals surface area contributed by atoms with Gasteiger partial charge in [-0.3, -0.25) is 4.79 Å². The molecule has 142 valence electrons. The van der Waals surface area contributed by atoms with Gasteiger partial charge in [-0.25, -0.2) is 0 Å². The zero-order valence-corrected chi connectivity index (χ0v) is 16.0. The van der Waals surface area contributed by atoms with Gasteiger partial charge in [-0.05, 0) is 25.1 Å². The van der Waals surface area contributed by atoms with Crippen LogP contribution in [0.25, 0.3) is 5.82 Å². The fourth-order valence-corrected chi connectivity index (χ4v) is 3.55. The zero-order valence-electron chi connectivity index (χ0n) is 15.2. The third kappa shape index (κ3) is 3.25. The molecule has 1 atom stereocenters. The number of carbonyl (C=O) groups excluding carboxylic acids is 1. The molecule has 0 saturated carbocycles. The maximum Gasteiger partial charge on any atom is 0.226 e. The number of amides is 1. The molecule has 8 heteroatoms. The van der Waals surface area contributed by atoms with E-state index in [1.807, 2.05) is 31.2 Å². The fourth-order valence-electron chi connectivity index (χ4n) is 3.45. The summed E-state index contributed by atoms with van der Waals surface area (Å²) in [6.07, 6.45) is 2.00. The van der Waals surface area contributed by atoms with E-state index in [1.54, 1.807) is 22.9 Å². The smallest absolute Gasteiger partial charge is 0.226 e. The highest BCUT2D eigenvalue weighted by molar-refractivity contribution is 6.29. The molecule has 0 spiro atoms. The number of ether oxygens (including phenoxy) is 1. The highest BCUT2D eigenvalue weighted by Crippen LogP contribution is 2.42. The molecule has 0 fully saturated rings. The Morgan fingerprint density at radius 3 is 2.89 bits per heavy atom. The Morgan fingerprint density at radius 1 is 1.32 bits per heavy atom. The maximum absolute atomic E-state index is 12.5. The van der Waals surface area contributed by atoms with E-state index in [0.717, 1.165) is 22.6 Å². The number of halogens is 1. The summed E-state index contributed by atoms with van der Waals surface area (Å²) < 4.78 is 7.41. The van der Waals surface area contributed by atoms with Gasteiger partial charge in [-0.15, -0.1) is 10.2 Å². The van der Waals surface area contributed by atoms with Crippen molar-refractivity contribution in [2.75, 3.05) is 11.9 Å². The van der Waals surface area contributed by atoms with Crippen molar-refractivity contribution < 1.29 is 9.53 Å². The van der Waals surface area contributed by atoms with Gasteiger partial charge in [0, 0.05) is 23.5 Å². The number of para-hydroxylation sites is 1. The molecule has 0 radical (unpaired) electrons. The topological polar surface area (TPSA) is 81.9 Å². The first-order valence-electron chi connectivity index (χ1n) is 8.80. The van der Waals surface area contributed by atoms with Crippen molar-refractivity contribution in [2.24, 2.45) is 0 Å². The average molecular weight is 396 g/mol. The Kier molecular flexibility index (Phi) is 4.83. The normalized spacial score (nSPS) is 15.6. The van der Waals surface area contributed by atoms with Crippen molar-refractivity contribution in [3.63, 3.8) is 0 Å². The molecule has 3 heterocycles. The first-order valence-corrected chi connectivity index (χ1v) is 9.18. The number of nitrogens with zero attached hydrogens (tertiary/aromatic N) is 4. The summed E-state index contributed by atoms with van der Waals surface area (Å²) in [5.41, 5.74) is 2.67. The van der Waals surface area contributed by atoms with Gasteiger partial charge in [0.1, 0.15) is 18.2 Å². The number of rotatable bonds is 5. The van der Waals surface area contributed by atoms with Crippen LogP contribution in [0.5, 0.6) is 5.75 Å². The molecule has 0 saturated heterocycles. The Bertz CT molecular complexity index is 1050. The number of nitrogens with one attached hydrogen (secondary N) is 1. The van der Waals surface area contributed by atoms with Crippen molar-refractivity contribution in [1.82, 2.24) is 20.0 Å². The maximum atomic E-state index is 12.5. The molecule has 1 amide bonds. The number of aromatic nitrogens is 4. The van der Waals surface area contributed by atoms with Crippen LogP contribution >= 0.6 is 11.6 Å². The van der Waals surface area contributed by atoms with Gasteiger partial charge in [0.15, 0.2) is 11.0 Å². The van der Waals surface area contributed by atoms with Crippen LogP contribution in [0.3, 0.4) is 0 Å². The van der Waals surface area contributed by atoms with Gasteiger partial charge in [0.2, 0.25) is 5.91 Å². The largest absolute Gasteiger partial charge is 0.489 e. The van der Waals surface area contributed by atoms with Crippen LogP contribution in [-0.2, 0) is 4.79 Å². The summed E-state index contributed by atoms with van der Waals surface area (Å²) in [5.74, 6) is 1.52. The minimum absolute atomic E-state index is 0.0981. The summed E-state index contributed by atoms with van der Waals surface area (Å²) in [7, 11) is 0. The fraction of sp³-hybridized carbons (Fsp3) is 0.200. The van der Waals surface area contributed by atoms with E-state index >= 15 is 0 Å². The number of fused-ring (bicyclic) bond motifs is 1. The summed E-state index contributed by atoms with van der Waals surface area (Å²) >= 11 is 5.84. The minimum Gasteiger partial charge on any atom is -0.489 e. The standard InChI is InChI=1S/C20H18ClN5O2/c1-3-10-28-15-7-5-4-6-13(15)14-11-18(27)22-20-19(14)12(2)25-26(20)17-9-8-16(21)23-24-17/h3-9,14H,1,10-11H2,2H3,(H,22,27)/t14-/m0/s1. The second kappa shape index (κ2) is 7.44. The number of hydrogen-bond donors (Lipinski definition) is 1. The van der Waals surface area contributed by atoms with Crippen molar-refractivity contribution in [1.29, 1.82) is 0 Å². The SMILES string of the molecule is C=CCOc1ccccc1[C@@H]1CC(=O)Nc2c1c(C)nn2-c1ccc(Cl)nn1. The van der Waals surface area contributed by atoms with E-state index in [0.29, 0.717) is 24.7 Å². The van der Waals surface area contributed by atoms with E-state index in [-0.39, 0.29) is 17.0 Å². The lowest BCUT2D eigenvalue weighted by molar-refractivity contribution is -0.116. The van der Waals surface area contributed by atoms with Crippen molar-refractivity contribution in [3.8, 4) is 11.6 Å². The van der Waals surface area contributed by atoms with Crippen LogP contribution < -0.4 is 10.1 Å². The van der Waals surface area contributed by atoms with Crippen LogP contribution in [0.2, 0.25) is 5.15 Å². The monoisotopic (exact) mass is 395 g/mol. The van der Waals surface area contributed by atoms with E-state index in [2.05, 4.69) is 27.2 Å². The molecule has 0 aliphatic carbocycles. The first kappa shape index (κ1) is 18.2. The summed E-state index contributed by atoms with van der Waals surface area (Å²) in [5, 5.41) is 15.8. The van der Waals surface area contributed by atoms with Gasteiger partial charge in [0.25, 0.3) is 0 Å². The lowest BCUT2D eigenvalue weighted by Gasteiger charge is -2.25. The number of benzene rings is 1. The van der Waals surface area contributed by atoms with E-state index in [4.69, 9.17) is 16.3 Å². The predicted octanol–water partition coefficient (Wildman–Crippen LogP) is 3.66. The number of carbonyl (C=O) groups is 1. The highest BCUT2D eigenvalue weighted by atomic mass is 35.5. The molecule has 3 aromatic rings. The Balaban J connectivity index is 1.84. The molecular weight excluding hydrogens is 378 g/mol. The first-order chi connectivity index (χ1) is 13.6. The van der Waals surface area contributed by atoms with E-state index in [1.165, 1.54) is 0 Å². The van der Waals surface area contributed by atoms with Crippen LogP contribution in [0.1, 0.15) is 29.2 Å².